The van der Waals surface area contributed by atoms with E-state index in [1.54, 1.807) is 0 Å². The van der Waals surface area contributed by atoms with Crippen molar-refractivity contribution >= 4 is 27.3 Å². The molecule has 1 heterocycles. The predicted molar refractivity (Wildman–Crippen MR) is 121 cm³/mol. The van der Waals surface area contributed by atoms with Gasteiger partial charge in [-0.05, 0) is 48.7 Å². The lowest BCUT2D eigenvalue weighted by Crippen LogP contribution is -2.47. The van der Waals surface area contributed by atoms with E-state index in [2.05, 4.69) is 5.32 Å². The number of sulfone groups is 1. The summed E-state index contributed by atoms with van der Waals surface area (Å²) >= 11 is 0. The highest BCUT2D eigenvalue weighted by atomic mass is 32.2. The number of anilines is 1. The van der Waals surface area contributed by atoms with E-state index < -0.39 is 39.4 Å². The summed E-state index contributed by atoms with van der Waals surface area (Å²) in [6.07, 6.45) is -4.63. The van der Waals surface area contributed by atoms with Gasteiger partial charge in [-0.3, -0.25) is 9.69 Å². The lowest BCUT2D eigenvalue weighted by molar-refractivity contribution is -0.137. The van der Waals surface area contributed by atoms with Crippen molar-refractivity contribution in [3.8, 4) is 6.07 Å². The first-order valence-electron chi connectivity index (χ1n) is 10.9. The number of amides is 2. The fourth-order valence-corrected chi connectivity index (χ4v) is 5.99. The molecule has 2 aromatic rings. The number of carbonyl (C=O) groups excluding carboxylic acids is 2. The van der Waals surface area contributed by atoms with Crippen LogP contribution in [0.15, 0.2) is 58.6 Å². The van der Waals surface area contributed by atoms with Gasteiger partial charge in [0.15, 0.2) is 15.6 Å². The molecule has 0 bridgehead atoms. The van der Waals surface area contributed by atoms with Gasteiger partial charge >= 0.3 is 12.2 Å². The third kappa shape index (κ3) is 4.59. The maximum absolute atomic E-state index is 13.3. The summed E-state index contributed by atoms with van der Waals surface area (Å²) in [6.45, 7) is -0.383. The van der Waals surface area contributed by atoms with E-state index in [4.69, 9.17) is 5.11 Å². The van der Waals surface area contributed by atoms with E-state index in [1.165, 1.54) is 18.2 Å². The van der Waals surface area contributed by atoms with E-state index in [1.807, 2.05) is 6.07 Å². The number of halogens is 3. The maximum atomic E-state index is 13.3. The summed E-state index contributed by atoms with van der Waals surface area (Å²) < 4.78 is 65.9. The Bertz CT molecular complexity index is 1430. The smallest absolute Gasteiger partial charge is 0.396 e. The van der Waals surface area contributed by atoms with E-state index in [0.717, 1.165) is 29.2 Å². The normalized spacial score (nSPS) is 18.2. The van der Waals surface area contributed by atoms with Gasteiger partial charge in [0, 0.05) is 24.3 Å². The molecule has 0 radical (unpaired) electrons. The van der Waals surface area contributed by atoms with Crippen LogP contribution in [0.2, 0.25) is 0 Å². The molecule has 1 aliphatic carbocycles. The molecule has 2 N–H and O–H groups in total. The minimum absolute atomic E-state index is 0.00549. The Morgan fingerprint density at radius 3 is 2.56 bits per heavy atom. The van der Waals surface area contributed by atoms with Crippen LogP contribution in [0.4, 0.5) is 23.7 Å². The van der Waals surface area contributed by atoms with Crippen LogP contribution in [-0.4, -0.2) is 37.7 Å². The number of nitrogens with zero attached hydrogens (tertiary/aromatic N) is 2. The Labute approximate surface area is 204 Å². The Balaban J connectivity index is 1.87. The van der Waals surface area contributed by atoms with Crippen LogP contribution in [0, 0.1) is 11.3 Å². The number of carbonyl (C=O) groups is 2. The first-order chi connectivity index (χ1) is 17.0. The van der Waals surface area contributed by atoms with Crippen molar-refractivity contribution < 1.29 is 36.3 Å². The third-order valence-electron chi connectivity index (χ3n) is 6.02. The first kappa shape index (κ1) is 25.4. The van der Waals surface area contributed by atoms with Crippen molar-refractivity contribution in [1.29, 1.82) is 5.26 Å². The second-order valence-corrected chi connectivity index (χ2v) is 10.4. The molecule has 8 nitrogen and oxygen atoms in total. The third-order valence-corrected chi connectivity index (χ3v) is 7.87. The SMILES string of the molecule is N#Cc1ccc(C2NC(=O)N(c3cccc(C(F)(F)F)c3)C3=C2C(=O)CC3)c(S(=O)(=O)CCCO)c1. The number of ketones is 1. The number of hydrogen-bond donors (Lipinski definition) is 2. The van der Waals surface area contributed by atoms with Gasteiger partial charge in [-0.25, -0.2) is 13.2 Å². The van der Waals surface area contributed by atoms with Crippen molar-refractivity contribution in [2.75, 3.05) is 17.3 Å². The van der Waals surface area contributed by atoms with E-state index in [9.17, 15) is 36.4 Å². The highest BCUT2D eigenvalue weighted by Crippen LogP contribution is 2.43. The minimum atomic E-state index is -4.65. The lowest BCUT2D eigenvalue weighted by atomic mass is 9.94. The molecular formula is C24H20F3N3O5S. The van der Waals surface area contributed by atoms with Crippen LogP contribution < -0.4 is 10.2 Å². The number of aliphatic hydroxyl groups excluding tert-OH is 1. The van der Waals surface area contributed by atoms with Gasteiger partial charge in [0.2, 0.25) is 0 Å². The molecule has 12 heteroatoms. The van der Waals surface area contributed by atoms with Gasteiger partial charge in [0.05, 0.1) is 39.6 Å². The number of Topliss-reactive ketones (excluding diaryl/α,β-unsaturated/α-hetero) is 1. The van der Waals surface area contributed by atoms with Gasteiger partial charge in [0.25, 0.3) is 0 Å². The summed E-state index contributed by atoms with van der Waals surface area (Å²) in [5.74, 6) is -0.808. The van der Waals surface area contributed by atoms with Gasteiger partial charge < -0.3 is 10.4 Å². The van der Waals surface area contributed by atoms with Crippen LogP contribution >= 0.6 is 0 Å². The summed E-state index contributed by atoms with van der Waals surface area (Å²) in [5.41, 5.74) is -0.677. The molecule has 1 aliphatic heterocycles. The van der Waals surface area contributed by atoms with Gasteiger partial charge in [0.1, 0.15) is 0 Å². The first-order valence-corrected chi connectivity index (χ1v) is 12.5. The molecule has 0 saturated heterocycles. The van der Waals surface area contributed by atoms with Crippen molar-refractivity contribution in [3.05, 3.63) is 70.4 Å². The van der Waals surface area contributed by atoms with Crippen LogP contribution in [-0.2, 0) is 20.8 Å². The maximum Gasteiger partial charge on any atom is 0.416 e. The molecular weight excluding hydrogens is 499 g/mol. The van der Waals surface area contributed by atoms with Gasteiger partial charge in [-0.2, -0.15) is 18.4 Å². The zero-order valence-corrected chi connectivity index (χ0v) is 19.5. The Morgan fingerprint density at radius 2 is 1.89 bits per heavy atom. The molecule has 0 fully saturated rings. The topological polar surface area (TPSA) is 128 Å². The second kappa shape index (κ2) is 9.40. The number of aliphatic hydroxyl groups is 1. The number of rotatable bonds is 6. The Hall–Kier alpha value is -3.69. The summed E-state index contributed by atoms with van der Waals surface area (Å²) in [5, 5.41) is 20.9. The molecule has 0 spiro atoms. The summed E-state index contributed by atoms with van der Waals surface area (Å²) in [7, 11) is -4.02. The van der Waals surface area contributed by atoms with Gasteiger partial charge in [-0.1, -0.05) is 12.1 Å². The zero-order valence-electron chi connectivity index (χ0n) is 18.7. The van der Waals surface area contributed by atoms with Crippen LogP contribution in [0.3, 0.4) is 0 Å². The molecule has 0 saturated carbocycles. The van der Waals surface area contributed by atoms with Crippen molar-refractivity contribution in [2.24, 2.45) is 0 Å². The molecule has 2 amide bonds. The molecule has 2 aromatic carbocycles. The molecule has 0 aromatic heterocycles. The van der Waals surface area contributed by atoms with Crippen molar-refractivity contribution in [3.63, 3.8) is 0 Å². The number of nitrogens with one attached hydrogen (secondary N) is 1. The molecule has 36 heavy (non-hydrogen) atoms. The lowest BCUT2D eigenvalue weighted by Gasteiger charge is -2.35. The Kier molecular flexibility index (Phi) is 6.64. The molecule has 1 atom stereocenters. The number of benzene rings is 2. The number of allylic oxidation sites excluding steroid dienone is 1. The summed E-state index contributed by atoms with van der Waals surface area (Å²) in [4.78, 5) is 26.9. The summed E-state index contributed by atoms with van der Waals surface area (Å²) in [6, 6.07) is 7.82. The fraction of sp³-hybridized carbons (Fsp3) is 0.292. The minimum Gasteiger partial charge on any atom is -0.396 e. The Morgan fingerprint density at radius 1 is 1.14 bits per heavy atom. The van der Waals surface area contributed by atoms with Crippen LogP contribution in [0.25, 0.3) is 0 Å². The average molecular weight is 520 g/mol. The van der Waals surface area contributed by atoms with Crippen LogP contribution in [0.1, 0.15) is 42.0 Å². The standard InChI is InChI=1S/C24H20F3N3O5S/c25-24(26,27)15-3-1-4-16(12-15)30-18-7-8-19(32)21(18)22(29-23(30)33)17-6-5-14(13-28)11-20(17)36(34,35)10-2-9-31/h1,3-6,11-12,22,31H,2,7-10H2,(H,29,33). The molecule has 2 aliphatic rings. The largest absolute Gasteiger partial charge is 0.416 e. The number of nitriles is 1. The second-order valence-electron chi connectivity index (χ2n) is 8.31. The van der Waals surface area contributed by atoms with Gasteiger partial charge in [-0.15, -0.1) is 0 Å². The van der Waals surface area contributed by atoms with Crippen LogP contribution in [0.5, 0.6) is 0 Å². The number of hydrogen-bond acceptors (Lipinski definition) is 6. The highest BCUT2D eigenvalue weighted by molar-refractivity contribution is 7.91. The number of urea groups is 1. The van der Waals surface area contributed by atoms with E-state index >= 15 is 0 Å². The molecule has 4 rings (SSSR count). The number of alkyl halides is 3. The van der Waals surface area contributed by atoms with E-state index in [0.29, 0.717) is 0 Å². The highest BCUT2D eigenvalue weighted by Gasteiger charge is 2.43. The van der Waals surface area contributed by atoms with Crippen molar-refractivity contribution in [1.82, 2.24) is 5.32 Å². The monoisotopic (exact) mass is 519 g/mol. The predicted octanol–water partition coefficient (Wildman–Crippen LogP) is 3.62. The molecule has 1 unspecified atom stereocenters. The quantitative estimate of drug-likeness (QED) is 0.600. The molecule has 188 valence electrons. The zero-order chi connectivity index (χ0) is 26.3. The van der Waals surface area contributed by atoms with Crippen molar-refractivity contribution in [2.45, 2.75) is 36.4 Å². The average Bonchev–Trinajstić information content (AvgIpc) is 3.22. The fourth-order valence-electron chi connectivity index (χ4n) is 4.41. The van der Waals surface area contributed by atoms with E-state index in [-0.39, 0.29) is 64.6 Å².